The lowest BCUT2D eigenvalue weighted by atomic mass is 10.2. The van der Waals surface area contributed by atoms with Gasteiger partial charge >= 0.3 is 5.97 Å². The number of cyclic esters (lactones) is 1. The highest BCUT2D eigenvalue weighted by Gasteiger charge is 2.46. The quantitative estimate of drug-likeness (QED) is 0.652. The van der Waals surface area contributed by atoms with Gasteiger partial charge in [-0.3, -0.25) is 4.79 Å². The van der Waals surface area contributed by atoms with Gasteiger partial charge in [0.2, 0.25) is 0 Å². The maximum atomic E-state index is 13.3. The van der Waals surface area contributed by atoms with Crippen molar-refractivity contribution in [3.8, 4) is 0 Å². The van der Waals surface area contributed by atoms with Crippen LogP contribution in [0.4, 0.5) is 4.39 Å². The van der Waals surface area contributed by atoms with Crippen LogP contribution in [0.2, 0.25) is 0 Å². The normalized spacial score (nSPS) is 21.9. The Hall–Kier alpha value is -0.690. The summed E-state index contributed by atoms with van der Waals surface area (Å²) in [5.74, 6) is -1.85. The van der Waals surface area contributed by atoms with Gasteiger partial charge in [0, 0.05) is 4.90 Å². The topological polar surface area (TPSA) is 55.4 Å². The molecule has 0 saturated heterocycles. The van der Waals surface area contributed by atoms with Gasteiger partial charge in [-0.15, -0.1) is 0 Å². The molecular weight excluding hydrogens is 352 g/mol. The second kappa shape index (κ2) is 5.60. The largest absolute Gasteiger partial charge is 0.422 e. The van der Waals surface area contributed by atoms with Crippen molar-refractivity contribution in [2.24, 2.45) is 0 Å². The van der Waals surface area contributed by atoms with Crippen molar-refractivity contribution < 1.29 is 18.7 Å². The van der Waals surface area contributed by atoms with E-state index in [4.69, 9.17) is 39.5 Å². The molecule has 1 atom stereocenters. The zero-order chi connectivity index (χ0) is 15.0. The molecule has 1 N–H and O–H groups in total. The summed E-state index contributed by atoms with van der Waals surface area (Å²) in [5, 5.41) is 0.165. The summed E-state index contributed by atoms with van der Waals surface area (Å²) >= 11 is 17.0. The monoisotopic (exact) mass is 357 g/mol. The van der Waals surface area contributed by atoms with Gasteiger partial charge in [0.15, 0.2) is 6.67 Å². The smallest absolute Gasteiger partial charge is 0.342 e. The Kier molecular flexibility index (Phi) is 4.39. The van der Waals surface area contributed by atoms with Crippen molar-refractivity contribution in [1.29, 1.82) is 0 Å². The summed E-state index contributed by atoms with van der Waals surface area (Å²) in [6.45, 7) is -1.18. The first-order valence-corrected chi connectivity index (χ1v) is 7.19. The average Bonchev–Trinajstić information content (AvgIpc) is 2.37. The molecule has 0 spiro atoms. The summed E-state index contributed by atoms with van der Waals surface area (Å²) in [4.78, 5) is 23.9. The number of hydrogen-bond acceptors (Lipinski definition) is 4. The van der Waals surface area contributed by atoms with Crippen LogP contribution in [0.1, 0.15) is 10.4 Å². The lowest BCUT2D eigenvalue weighted by Crippen LogP contribution is -2.55. The van der Waals surface area contributed by atoms with E-state index in [0.717, 1.165) is 11.8 Å². The lowest BCUT2D eigenvalue weighted by Gasteiger charge is -2.35. The van der Waals surface area contributed by atoms with E-state index in [9.17, 15) is 14.0 Å². The van der Waals surface area contributed by atoms with Gasteiger partial charge in [0.25, 0.3) is 14.8 Å². The molecule has 9 heteroatoms. The summed E-state index contributed by atoms with van der Waals surface area (Å²) < 4.78 is 16.0. The molecule has 20 heavy (non-hydrogen) atoms. The first-order chi connectivity index (χ1) is 9.27. The fraction of sp³-hybridized carbons (Fsp3) is 0.273. The van der Waals surface area contributed by atoms with Crippen LogP contribution in [-0.2, 0) is 9.53 Å². The Morgan fingerprint density at radius 1 is 1.40 bits per heavy atom. The molecule has 2 rings (SSSR count). The SMILES string of the molecule is O=C1OC(CF)(NC(=O)C(Cl)(Cl)Cl)Sc2ccccc21. The summed E-state index contributed by atoms with van der Waals surface area (Å²) in [7, 11) is 0. The van der Waals surface area contributed by atoms with Crippen molar-refractivity contribution in [2.45, 2.75) is 13.7 Å². The fourth-order valence-electron chi connectivity index (χ4n) is 1.51. The van der Waals surface area contributed by atoms with E-state index in [2.05, 4.69) is 5.32 Å². The Balaban J connectivity index is 2.31. The zero-order valence-electron chi connectivity index (χ0n) is 9.66. The number of hydrogen-bond donors (Lipinski definition) is 1. The van der Waals surface area contributed by atoms with Crippen LogP contribution in [0.3, 0.4) is 0 Å². The second-order valence-corrected chi connectivity index (χ2v) is 7.41. The van der Waals surface area contributed by atoms with E-state index in [1.807, 2.05) is 0 Å². The second-order valence-electron chi connectivity index (χ2n) is 3.83. The van der Waals surface area contributed by atoms with Crippen LogP contribution in [0.5, 0.6) is 0 Å². The molecule has 0 aromatic heterocycles. The van der Waals surface area contributed by atoms with Gasteiger partial charge in [-0.25, -0.2) is 9.18 Å². The lowest BCUT2D eigenvalue weighted by molar-refractivity contribution is -0.124. The van der Waals surface area contributed by atoms with Crippen LogP contribution >= 0.6 is 46.6 Å². The molecule has 0 radical (unpaired) electrons. The number of esters is 1. The molecule has 0 aliphatic carbocycles. The molecule has 108 valence electrons. The van der Waals surface area contributed by atoms with Gasteiger partial charge in [-0.05, 0) is 12.1 Å². The molecule has 1 aromatic carbocycles. The fourth-order valence-corrected chi connectivity index (χ4v) is 2.73. The minimum Gasteiger partial charge on any atom is -0.422 e. The highest BCUT2D eigenvalue weighted by Crippen LogP contribution is 2.41. The molecule has 4 nitrogen and oxygen atoms in total. The third-order valence-electron chi connectivity index (χ3n) is 2.38. The van der Waals surface area contributed by atoms with Crippen molar-refractivity contribution in [3.63, 3.8) is 0 Å². The number of halogens is 4. The number of benzene rings is 1. The van der Waals surface area contributed by atoms with E-state index in [1.165, 1.54) is 6.07 Å². The van der Waals surface area contributed by atoms with Crippen molar-refractivity contribution in [2.75, 3.05) is 6.67 Å². The molecule has 1 amide bonds. The number of thioether (sulfide) groups is 1. The molecule has 1 aliphatic rings. The Labute approximate surface area is 132 Å². The van der Waals surface area contributed by atoms with Crippen LogP contribution in [0, 0.1) is 0 Å². The first-order valence-electron chi connectivity index (χ1n) is 5.24. The number of nitrogens with one attached hydrogen (secondary N) is 1. The van der Waals surface area contributed by atoms with Crippen LogP contribution < -0.4 is 5.32 Å². The number of amides is 1. The van der Waals surface area contributed by atoms with Crippen LogP contribution in [0.25, 0.3) is 0 Å². The summed E-state index contributed by atoms with van der Waals surface area (Å²) in [6, 6.07) is 6.45. The van der Waals surface area contributed by atoms with Crippen molar-refractivity contribution >= 4 is 58.4 Å². The van der Waals surface area contributed by atoms with Crippen LogP contribution in [-0.4, -0.2) is 27.4 Å². The average molecular weight is 359 g/mol. The van der Waals surface area contributed by atoms with Gasteiger partial charge in [-0.1, -0.05) is 58.7 Å². The van der Waals surface area contributed by atoms with Gasteiger partial charge in [-0.2, -0.15) is 0 Å². The van der Waals surface area contributed by atoms with Crippen molar-refractivity contribution in [3.05, 3.63) is 29.8 Å². The number of ether oxygens (including phenoxy) is 1. The zero-order valence-corrected chi connectivity index (χ0v) is 12.7. The number of fused-ring (bicyclic) bond motifs is 1. The van der Waals surface area contributed by atoms with Gasteiger partial charge in [0.1, 0.15) is 0 Å². The molecule has 1 aromatic rings. The predicted octanol–water partition coefficient (Wildman–Crippen LogP) is 3.06. The molecule has 1 aliphatic heterocycles. The number of rotatable bonds is 2. The minimum absolute atomic E-state index is 0.282. The van der Waals surface area contributed by atoms with E-state index in [1.54, 1.807) is 18.2 Å². The van der Waals surface area contributed by atoms with Crippen molar-refractivity contribution in [1.82, 2.24) is 5.32 Å². The first kappa shape index (κ1) is 15.7. The molecule has 1 heterocycles. The third-order valence-corrected chi connectivity index (χ3v) is 4.09. The van der Waals surface area contributed by atoms with E-state index >= 15 is 0 Å². The minimum atomic E-state index is -2.29. The third kappa shape index (κ3) is 3.14. The Bertz CT molecular complexity index is 566. The number of alkyl halides is 4. The standard InChI is InChI=1S/C11H7Cl3FNO3S/c12-11(13,14)9(18)16-10(5-15)19-8(17)6-3-1-2-4-7(6)20-10/h1-4H,5H2,(H,16,18). The molecular formula is C11H7Cl3FNO3S. The van der Waals surface area contributed by atoms with Crippen LogP contribution in [0.15, 0.2) is 29.2 Å². The predicted molar refractivity (Wildman–Crippen MR) is 74.9 cm³/mol. The molecule has 0 bridgehead atoms. The number of carbonyl (C=O) groups excluding carboxylic acids is 2. The molecule has 1 unspecified atom stereocenters. The summed E-state index contributed by atoms with van der Waals surface area (Å²) in [6.07, 6.45) is 0. The maximum Gasteiger partial charge on any atom is 0.342 e. The van der Waals surface area contributed by atoms with Gasteiger partial charge < -0.3 is 10.1 Å². The summed E-state index contributed by atoms with van der Waals surface area (Å²) in [5.41, 5.74) is 0.282. The number of carbonyl (C=O) groups is 2. The Morgan fingerprint density at radius 2 is 2.05 bits per heavy atom. The molecule has 0 fully saturated rings. The van der Waals surface area contributed by atoms with E-state index in [-0.39, 0.29) is 5.56 Å². The van der Waals surface area contributed by atoms with E-state index in [0.29, 0.717) is 4.90 Å². The maximum absolute atomic E-state index is 13.3. The molecule has 0 saturated carbocycles. The Morgan fingerprint density at radius 3 is 2.65 bits per heavy atom. The highest BCUT2D eigenvalue weighted by atomic mass is 35.6. The van der Waals surface area contributed by atoms with Gasteiger partial charge in [0.05, 0.1) is 5.56 Å². The highest BCUT2D eigenvalue weighted by molar-refractivity contribution is 8.00. The van der Waals surface area contributed by atoms with E-state index < -0.39 is 27.4 Å².